The molecular formula is C11H17NS. The van der Waals surface area contributed by atoms with Gasteiger partial charge in [0.1, 0.15) is 0 Å². The molecule has 0 aliphatic heterocycles. The molecule has 0 bridgehead atoms. The molecule has 1 atom stereocenters. The standard InChI is InChI=1S/C11H17NS/c1-8-5-6-11(13-8)10(12)7-9-3-2-4-9/h5-6,9-10H,2-4,7,12H2,1H3. The molecule has 2 rings (SSSR count). The highest BCUT2D eigenvalue weighted by Crippen LogP contribution is 2.35. The molecule has 1 aromatic rings. The molecule has 13 heavy (non-hydrogen) atoms. The molecule has 1 aromatic heterocycles. The summed E-state index contributed by atoms with van der Waals surface area (Å²) < 4.78 is 0. The van der Waals surface area contributed by atoms with Crippen LogP contribution in [0.25, 0.3) is 0 Å². The zero-order chi connectivity index (χ0) is 9.26. The third-order valence-electron chi connectivity index (χ3n) is 2.94. The molecule has 2 N–H and O–H groups in total. The van der Waals surface area contributed by atoms with E-state index in [-0.39, 0.29) is 0 Å². The highest BCUT2D eigenvalue weighted by atomic mass is 32.1. The van der Waals surface area contributed by atoms with Crippen LogP contribution in [0.4, 0.5) is 0 Å². The van der Waals surface area contributed by atoms with E-state index in [4.69, 9.17) is 5.73 Å². The fraction of sp³-hybridized carbons (Fsp3) is 0.636. The lowest BCUT2D eigenvalue weighted by molar-refractivity contribution is 0.278. The summed E-state index contributed by atoms with van der Waals surface area (Å²) in [5, 5.41) is 0. The monoisotopic (exact) mass is 195 g/mol. The van der Waals surface area contributed by atoms with Crippen molar-refractivity contribution in [2.45, 2.75) is 38.6 Å². The zero-order valence-electron chi connectivity index (χ0n) is 8.12. The zero-order valence-corrected chi connectivity index (χ0v) is 8.94. The van der Waals surface area contributed by atoms with Gasteiger partial charge in [0.2, 0.25) is 0 Å². The molecular weight excluding hydrogens is 178 g/mol. The number of thiophene rings is 1. The van der Waals surface area contributed by atoms with Crippen molar-refractivity contribution in [3.8, 4) is 0 Å². The van der Waals surface area contributed by atoms with E-state index in [0.29, 0.717) is 6.04 Å². The Hall–Kier alpha value is -0.340. The van der Waals surface area contributed by atoms with Gasteiger partial charge in [0, 0.05) is 15.8 Å². The first kappa shape index (κ1) is 9.22. The van der Waals surface area contributed by atoms with Crippen LogP contribution in [0, 0.1) is 12.8 Å². The number of rotatable bonds is 3. The van der Waals surface area contributed by atoms with Crippen molar-refractivity contribution in [1.82, 2.24) is 0 Å². The Labute approximate surface area is 84.0 Å². The number of hydrogen-bond donors (Lipinski definition) is 1. The second kappa shape index (κ2) is 3.81. The molecule has 1 unspecified atom stereocenters. The van der Waals surface area contributed by atoms with Crippen molar-refractivity contribution >= 4 is 11.3 Å². The van der Waals surface area contributed by atoms with E-state index < -0.39 is 0 Å². The maximum Gasteiger partial charge on any atom is 0.0392 e. The van der Waals surface area contributed by atoms with Gasteiger partial charge in [-0.2, -0.15) is 0 Å². The van der Waals surface area contributed by atoms with Gasteiger partial charge in [0.25, 0.3) is 0 Å². The van der Waals surface area contributed by atoms with Gasteiger partial charge in [-0.3, -0.25) is 0 Å². The quantitative estimate of drug-likeness (QED) is 0.787. The van der Waals surface area contributed by atoms with Gasteiger partial charge < -0.3 is 5.73 Å². The van der Waals surface area contributed by atoms with Crippen molar-refractivity contribution in [3.05, 3.63) is 21.9 Å². The molecule has 1 aliphatic carbocycles. The van der Waals surface area contributed by atoms with Gasteiger partial charge in [-0.15, -0.1) is 11.3 Å². The van der Waals surface area contributed by atoms with Crippen LogP contribution in [-0.4, -0.2) is 0 Å². The van der Waals surface area contributed by atoms with Gasteiger partial charge in [-0.25, -0.2) is 0 Å². The third kappa shape index (κ3) is 2.12. The van der Waals surface area contributed by atoms with Crippen molar-refractivity contribution in [2.75, 3.05) is 0 Å². The van der Waals surface area contributed by atoms with E-state index in [9.17, 15) is 0 Å². The normalized spacial score (nSPS) is 19.8. The molecule has 1 nitrogen and oxygen atoms in total. The average molecular weight is 195 g/mol. The van der Waals surface area contributed by atoms with Crippen molar-refractivity contribution < 1.29 is 0 Å². The summed E-state index contributed by atoms with van der Waals surface area (Å²) in [5.41, 5.74) is 6.13. The Morgan fingerprint density at radius 3 is 2.77 bits per heavy atom. The summed E-state index contributed by atoms with van der Waals surface area (Å²) in [6, 6.07) is 4.65. The molecule has 0 spiro atoms. The minimum absolute atomic E-state index is 0.295. The molecule has 0 aromatic carbocycles. The van der Waals surface area contributed by atoms with Gasteiger partial charge >= 0.3 is 0 Å². The number of hydrogen-bond acceptors (Lipinski definition) is 2. The minimum Gasteiger partial charge on any atom is -0.323 e. The molecule has 1 fully saturated rings. The second-order valence-corrected chi connectivity index (χ2v) is 5.41. The van der Waals surface area contributed by atoms with Crippen LogP contribution < -0.4 is 5.73 Å². The second-order valence-electron chi connectivity index (χ2n) is 4.09. The highest BCUT2D eigenvalue weighted by molar-refractivity contribution is 7.12. The molecule has 72 valence electrons. The smallest absolute Gasteiger partial charge is 0.0392 e. The molecule has 1 heterocycles. The maximum atomic E-state index is 6.13. The van der Waals surface area contributed by atoms with Gasteiger partial charge in [-0.1, -0.05) is 19.3 Å². The molecule has 1 aliphatic rings. The Morgan fingerprint density at radius 2 is 2.31 bits per heavy atom. The van der Waals surface area contributed by atoms with Gasteiger partial charge in [0.15, 0.2) is 0 Å². The van der Waals surface area contributed by atoms with Crippen LogP contribution in [0.3, 0.4) is 0 Å². The first-order valence-corrected chi connectivity index (χ1v) is 5.89. The summed E-state index contributed by atoms with van der Waals surface area (Å²) in [5.74, 6) is 0.914. The van der Waals surface area contributed by atoms with Crippen molar-refractivity contribution in [2.24, 2.45) is 11.7 Å². The van der Waals surface area contributed by atoms with Crippen molar-refractivity contribution in [3.63, 3.8) is 0 Å². The lowest BCUT2D eigenvalue weighted by Gasteiger charge is -2.27. The molecule has 0 amide bonds. The molecule has 2 heteroatoms. The van der Waals surface area contributed by atoms with E-state index in [2.05, 4.69) is 19.1 Å². The van der Waals surface area contributed by atoms with E-state index in [1.807, 2.05) is 11.3 Å². The van der Waals surface area contributed by atoms with E-state index in [0.717, 1.165) is 5.92 Å². The lowest BCUT2D eigenvalue weighted by Crippen LogP contribution is -2.19. The number of nitrogens with two attached hydrogens (primary N) is 1. The van der Waals surface area contributed by atoms with E-state index in [1.54, 1.807) is 0 Å². The fourth-order valence-electron chi connectivity index (χ4n) is 1.86. The van der Waals surface area contributed by atoms with Crippen LogP contribution in [0.2, 0.25) is 0 Å². The Kier molecular flexibility index (Phi) is 2.70. The lowest BCUT2D eigenvalue weighted by atomic mass is 9.81. The van der Waals surface area contributed by atoms with Crippen LogP contribution >= 0.6 is 11.3 Å². The van der Waals surface area contributed by atoms with Crippen LogP contribution in [-0.2, 0) is 0 Å². The largest absolute Gasteiger partial charge is 0.323 e. The summed E-state index contributed by atoms with van der Waals surface area (Å²) in [6.07, 6.45) is 5.41. The van der Waals surface area contributed by atoms with E-state index >= 15 is 0 Å². The fourth-order valence-corrected chi connectivity index (χ4v) is 2.75. The van der Waals surface area contributed by atoms with Crippen LogP contribution in [0.1, 0.15) is 41.5 Å². The van der Waals surface area contributed by atoms with Crippen molar-refractivity contribution in [1.29, 1.82) is 0 Å². The predicted molar refractivity (Wildman–Crippen MR) is 57.9 cm³/mol. The number of aryl methyl sites for hydroxylation is 1. The summed E-state index contributed by atoms with van der Waals surface area (Å²) in [7, 11) is 0. The highest BCUT2D eigenvalue weighted by Gasteiger charge is 2.21. The van der Waals surface area contributed by atoms with Gasteiger partial charge in [0.05, 0.1) is 0 Å². The summed E-state index contributed by atoms with van der Waals surface area (Å²) >= 11 is 1.85. The maximum absolute atomic E-state index is 6.13. The Bertz CT molecular complexity index is 275. The molecule has 1 saturated carbocycles. The molecule has 0 radical (unpaired) electrons. The summed E-state index contributed by atoms with van der Waals surface area (Å²) in [4.78, 5) is 2.74. The first-order valence-electron chi connectivity index (χ1n) is 5.07. The topological polar surface area (TPSA) is 26.0 Å². The van der Waals surface area contributed by atoms with E-state index in [1.165, 1.54) is 35.4 Å². The first-order chi connectivity index (χ1) is 6.25. The Balaban J connectivity index is 1.92. The average Bonchev–Trinajstić information content (AvgIpc) is 2.44. The van der Waals surface area contributed by atoms with Crippen LogP contribution in [0.5, 0.6) is 0 Å². The summed E-state index contributed by atoms with van der Waals surface area (Å²) in [6.45, 7) is 2.14. The minimum atomic E-state index is 0.295. The Morgan fingerprint density at radius 1 is 1.54 bits per heavy atom. The predicted octanol–water partition coefficient (Wildman–Crippen LogP) is 3.25. The molecule has 0 saturated heterocycles. The van der Waals surface area contributed by atoms with Gasteiger partial charge in [-0.05, 0) is 31.4 Å². The SMILES string of the molecule is Cc1ccc(C(N)CC2CCC2)s1. The third-order valence-corrected chi connectivity index (χ3v) is 4.07. The van der Waals surface area contributed by atoms with Crippen LogP contribution in [0.15, 0.2) is 12.1 Å².